The minimum Gasteiger partial charge on any atom is -0.497 e. The Morgan fingerprint density at radius 1 is 0.571 bits per heavy atom. The fourth-order valence-corrected chi connectivity index (χ4v) is 8.23. The number of nitrogens with zero attached hydrogens (tertiary/aromatic N) is 4. The second kappa shape index (κ2) is 26.8. The van der Waals surface area contributed by atoms with E-state index in [1.165, 1.54) is 5.56 Å². The normalized spacial score (nSPS) is 10.8. The highest BCUT2D eigenvalue weighted by Crippen LogP contribution is 2.28. The molecule has 3 aromatic heterocycles. The van der Waals surface area contributed by atoms with Gasteiger partial charge in [-0.1, -0.05) is 89.9 Å². The third-order valence-electron chi connectivity index (χ3n) is 11.9. The first-order valence-corrected chi connectivity index (χ1v) is 24.9. The molecule has 0 radical (unpaired) electrons. The van der Waals surface area contributed by atoms with E-state index >= 15 is 0 Å². The Hall–Kier alpha value is -9.24. The number of carboxylic acids is 1. The zero-order valence-corrected chi connectivity index (χ0v) is 44.3. The summed E-state index contributed by atoms with van der Waals surface area (Å²) in [6, 6.07) is 54.1. The summed E-state index contributed by atoms with van der Waals surface area (Å²) in [4.78, 5) is 50.2. The van der Waals surface area contributed by atoms with Gasteiger partial charge in [-0.25, -0.2) is 19.7 Å². The molecule has 5 N–H and O–H groups in total. The molecule has 0 aliphatic rings. The fourth-order valence-electron chi connectivity index (χ4n) is 7.87. The van der Waals surface area contributed by atoms with Crippen molar-refractivity contribution in [1.29, 1.82) is 0 Å². The molecule has 0 saturated heterocycles. The molecular formula is C61H55Cl2N7O7. The summed E-state index contributed by atoms with van der Waals surface area (Å²) < 4.78 is 15.6. The second-order valence-corrected chi connectivity index (χ2v) is 17.8. The van der Waals surface area contributed by atoms with Crippen LogP contribution in [0.5, 0.6) is 17.2 Å². The van der Waals surface area contributed by atoms with Crippen LogP contribution >= 0.6 is 23.2 Å². The first-order chi connectivity index (χ1) is 37.2. The van der Waals surface area contributed by atoms with E-state index in [1.54, 1.807) is 93.4 Å². The average Bonchev–Trinajstić information content (AvgIpc) is 3.46. The number of carboxylic acid groups (broad SMARTS) is 1. The van der Waals surface area contributed by atoms with Gasteiger partial charge in [0.05, 0.1) is 26.9 Å². The highest BCUT2D eigenvalue weighted by atomic mass is 35.5. The Morgan fingerprint density at radius 2 is 1.05 bits per heavy atom. The van der Waals surface area contributed by atoms with Crippen LogP contribution in [0.15, 0.2) is 195 Å². The van der Waals surface area contributed by atoms with Crippen LogP contribution in [-0.4, -0.2) is 65.7 Å². The van der Waals surface area contributed by atoms with Crippen LogP contribution in [0, 0.1) is 0 Å². The van der Waals surface area contributed by atoms with Crippen LogP contribution < -0.4 is 35.5 Å². The van der Waals surface area contributed by atoms with Crippen LogP contribution in [0.2, 0.25) is 10.3 Å². The van der Waals surface area contributed by atoms with Gasteiger partial charge >= 0.3 is 5.97 Å². The standard InChI is InChI=1S/C27H27N3O2.C17H13ClN2O2.C12H10O3.C5H5ClN2/c1-4-30(27(31)23-11-10-22-17-25(32-3)13-12-21(22)16-23)24-14-15-28-26(18-24)29-19(2)20-8-6-5-7-9-20;1-22-15-5-4-11-8-13(3-2-12(11)9-15)17(21)20-14-6-7-19-16(18)10-14;1-15-11-5-4-8-6-10(12(13)14)3-2-9(8)7-11;6-5-3-4(7)1-2-8-5/h5-19H,4H2,1-3H3,(H,28,29);2-10H,1H3,(H,19,20,21);2-7H,1H3,(H,13,14);1-3H,(H2,7,8)/t19-;;;/m0.../s1. The van der Waals surface area contributed by atoms with Gasteiger partial charge < -0.3 is 40.6 Å². The number of halogens is 2. The number of amides is 2. The van der Waals surface area contributed by atoms with Gasteiger partial charge in [-0.3, -0.25) is 9.59 Å². The van der Waals surface area contributed by atoms with Crippen molar-refractivity contribution in [3.63, 3.8) is 0 Å². The maximum atomic E-state index is 13.4. The number of anilines is 4. The smallest absolute Gasteiger partial charge is 0.335 e. The minimum absolute atomic E-state index is 0.0431. The molecule has 1 atom stereocenters. The van der Waals surface area contributed by atoms with Crippen LogP contribution in [0.25, 0.3) is 32.3 Å². The third-order valence-corrected chi connectivity index (χ3v) is 12.3. The largest absolute Gasteiger partial charge is 0.497 e. The number of ether oxygens (including phenoxy) is 3. The zero-order chi connectivity index (χ0) is 54.8. The van der Waals surface area contributed by atoms with Crippen molar-refractivity contribution in [2.24, 2.45) is 0 Å². The summed E-state index contributed by atoms with van der Waals surface area (Å²) >= 11 is 11.3. The molecule has 77 heavy (non-hydrogen) atoms. The molecule has 10 rings (SSSR count). The molecule has 0 aliphatic heterocycles. The summed E-state index contributed by atoms with van der Waals surface area (Å²) in [5.41, 5.74) is 10.1. The summed E-state index contributed by atoms with van der Waals surface area (Å²) in [5.74, 6) is 1.94. The monoisotopic (exact) mass is 1070 g/mol. The van der Waals surface area contributed by atoms with Crippen molar-refractivity contribution < 1.29 is 33.7 Å². The van der Waals surface area contributed by atoms with Crippen molar-refractivity contribution in [2.45, 2.75) is 19.9 Å². The summed E-state index contributed by atoms with van der Waals surface area (Å²) in [5, 5.41) is 21.7. The van der Waals surface area contributed by atoms with Crippen LogP contribution in [0.1, 0.15) is 56.5 Å². The van der Waals surface area contributed by atoms with Gasteiger partial charge in [0.25, 0.3) is 11.8 Å². The first-order valence-electron chi connectivity index (χ1n) is 24.1. The van der Waals surface area contributed by atoms with Gasteiger partial charge in [-0.05, 0) is 155 Å². The highest BCUT2D eigenvalue weighted by molar-refractivity contribution is 6.30. The van der Waals surface area contributed by atoms with Crippen LogP contribution in [0.4, 0.5) is 22.9 Å². The van der Waals surface area contributed by atoms with Crippen LogP contribution in [-0.2, 0) is 0 Å². The number of hydrogen-bond donors (Lipinski definition) is 4. The number of benzene rings is 7. The number of pyridine rings is 3. The van der Waals surface area contributed by atoms with E-state index in [1.807, 2.05) is 122 Å². The topological polar surface area (TPSA) is 191 Å². The van der Waals surface area contributed by atoms with E-state index in [4.69, 9.17) is 48.3 Å². The Labute approximate surface area is 456 Å². The number of hydrogen-bond acceptors (Lipinski definition) is 11. The SMILES string of the molecule is CCN(C(=O)c1ccc2cc(OC)ccc2c1)c1ccnc(N[C@@H](C)c2ccccc2)c1.COc1ccc2cc(C(=O)Nc3ccnc(Cl)c3)ccc2c1.COc1ccc2cc(C(=O)O)ccc2c1.Nc1ccnc(Cl)c1. The van der Waals surface area contributed by atoms with Crippen molar-refractivity contribution in [2.75, 3.05) is 49.1 Å². The number of nitrogens with one attached hydrogen (secondary N) is 2. The quantitative estimate of drug-likeness (QED) is 0.0848. The molecule has 390 valence electrons. The van der Waals surface area contributed by atoms with Gasteiger partial charge in [0.2, 0.25) is 0 Å². The Morgan fingerprint density at radius 3 is 1.56 bits per heavy atom. The Balaban J connectivity index is 0.000000165. The molecule has 14 nitrogen and oxygen atoms in total. The second-order valence-electron chi connectivity index (χ2n) is 17.0. The molecule has 0 unspecified atom stereocenters. The Kier molecular flexibility index (Phi) is 19.3. The number of aromatic carboxylic acids is 1. The van der Waals surface area contributed by atoms with E-state index in [0.29, 0.717) is 44.9 Å². The van der Waals surface area contributed by atoms with E-state index in [-0.39, 0.29) is 17.9 Å². The maximum absolute atomic E-state index is 13.4. The Bertz CT molecular complexity index is 3640. The number of nitrogens with two attached hydrogens (primary N) is 1. The summed E-state index contributed by atoms with van der Waals surface area (Å²) in [7, 11) is 4.88. The average molecular weight is 1070 g/mol. The van der Waals surface area contributed by atoms with Crippen molar-refractivity contribution >= 4 is 96.2 Å². The summed E-state index contributed by atoms with van der Waals surface area (Å²) in [6.07, 6.45) is 4.85. The van der Waals surface area contributed by atoms with E-state index < -0.39 is 5.97 Å². The molecule has 10 aromatic rings. The van der Waals surface area contributed by atoms with Gasteiger partial charge in [0, 0.05) is 65.4 Å². The van der Waals surface area contributed by atoms with E-state index in [0.717, 1.165) is 61.1 Å². The van der Waals surface area contributed by atoms with E-state index in [9.17, 15) is 14.4 Å². The van der Waals surface area contributed by atoms with Crippen molar-refractivity contribution in [3.05, 3.63) is 227 Å². The molecule has 0 spiro atoms. The number of nitrogen functional groups attached to an aromatic ring is 1. The number of methoxy groups -OCH3 is 3. The lowest BCUT2D eigenvalue weighted by Gasteiger charge is -2.23. The molecule has 0 fully saturated rings. The van der Waals surface area contributed by atoms with Crippen molar-refractivity contribution in [1.82, 2.24) is 15.0 Å². The molecular weight excluding hydrogens is 1010 g/mol. The number of carbonyl (C=O) groups excluding carboxylic acids is 2. The van der Waals surface area contributed by atoms with Gasteiger partial charge in [-0.15, -0.1) is 0 Å². The predicted octanol–water partition coefficient (Wildman–Crippen LogP) is 14.1. The lowest BCUT2D eigenvalue weighted by molar-refractivity contribution is 0.0696. The summed E-state index contributed by atoms with van der Waals surface area (Å²) in [6.45, 7) is 4.62. The maximum Gasteiger partial charge on any atom is 0.335 e. The lowest BCUT2D eigenvalue weighted by Crippen LogP contribution is -2.30. The van der Waals surface area contributed by atoms with Gasteiger partial charge in [0.15, 0.2) is 0 Å². The van der Waals surface area contributed by atoms with Crippen LogP contribution in [0.3, 0.4) is 0 Å². The third kappa shape index (κ3) is 15.4. The fraction of sp³-hybridized carbons (Fsp3) is 0.115. The lowest BCUT2D eigenvalue weighted by atomic mass is 10.1. The number of fused-ring (bicyclic) bond motifs is 3. The predicted molar refractivity (Wildman–Crippen MR) is 309 cm³/mol. The first kappa shape index (κ1) is 55.5. The van der Waals surface area contributed by atoms with E-state index in [2.05, 4.69) is 44.6 Å². The molecule has 0 bridgehead atoms. The molecule has 0 saturated carbocycles. The molecule has 2 amide bonds. The number of aromatic nitrogens is 3. The number of carbonyl (C=O) groups is 3. The van der Waals surface area contributed by atoms with Gasteiger partial charge in [-0.2, -0.15) is 0 Å². The molecule has 0 aliphatic carbocycles. The highest BCUT2D eigenvalue weighted by Gasteiger charge is 2.18. The molecule has 3 heterocycles. The van der Waals surface area contributed by atoms with Gasteiger partial charge in [0.1, 0.15) is 33.4 Å². The molecule has 16 heteroatoms. The van der Waals surface area contributed by atoms with Crippen molar-refractivity contribution in [3.8, 4) is 17.2 Å². The molecule has 7 aromatic carbocycles. The number of rotatable bonds is 12. The minimum atomic E-state index is -0.910. The zero-order valence-electron chi connectivity index (χ0n) is 42.8.